The Morgan fingerprint density at radius 2 is 2.10 bits per heavy atom. The zero-order valence-electron chi connectivity index (χ0n) is 12.9. The van der Waals surface area contributed by atoms with Crippen LogP contribution in [0.15, 0.2) is 18.2 Å². The van der Waals surface area contributed by atoms with E-state index in [1.165, 1.54) is 24.6 Å². The molecule has 2 aliphatic rings. The lowest BCUT2D eigenvalue weighted by atomic mass is 9.68. The molecule has 0 aliphatic heterocycles. The quantitative estimate of drug-likeness (QED) is 0.821. The zero-order valence-corrected chi connectivity index (χ0v) is 12.9. The number of nitrogens with two attached hydrogens (primary N) is 1. The Bertz CT molecular complexity index is 594. The van der Waals surface area contributed by atoms with Gasteiger partial charge < -0.3 is 11.1 Å². The van der Waals surface area contributed by atoms with Gasteiger partial charge in [0.05, 0.1) is 5.56 Å². The van der Waals surface area contributed by atoms with Crippen LogP contribution in [-0.4, -0.2) is 11.9 Å². The lowest BCUT2D eigenvalue weighted by molar-refractivity contribution is 0.0738. The molecule has 0 radical (unpaired) electrons. The van der Waals surface area contributed by atoms with Crippen LogP contribution in [0.5, 0.6) is 0 Å². The number of amides is 1. The van der Waals surface area contributed by atoms with E-state index in [2.05, 4.69) is 26.1 Å². The van der Waals surface area contributed by atoms with E-state index in [0.29, 0.717) is 11.6 Å². The fraction of sp³-hybridized carbons (Fsp3) is 0.588. The molecule has 4 heteroatoms. The molecule has 3 N–H and O–H groups in total. The van der Waals surface area contributed by atoms with Crippen LogP contribution in [0.1, 0.15) is 50.4 Å². The molecule has 0 saturated heterocycles. The molecule has 3 unspecified atom stereocenters. The highest BCUT2D eigenvalue weighted by atomic mass is 19.1. The first-order chi connectivity index (χ1) is 9.74. The SMILES string of the molecule is CC12CCC(C1)C(C)(C)C2NC(=O)c1cc(F)ccc1N. The largest absolute Gasteiger partial charge is 0.398 e. The van der Waals surface area contributed by atoms with Crippen molar-refractivity contribution in [3.63, 3.8) is 0 Å². The molecule has 0 spiro atoms. The molecule has 1 amide bonds. The number of nitrogen functional groups attached to an aromatic ring is 1. The third-order valence-electron chi connectivity index (χ3n) is 5.81. The second-order valence-electron chi connectivity index (χ2n) is 7.55. The van der Waals surface area contributed by atoms with Crippen molar-refractivity contribution < 1.29 is 9.18 Å². The summed E-state index contributed by atoms with van der Waals surface area (Å²) in [6.45, 7) is 6.70. The van der Waals surface area contributed by atoms with Crippen molar-refractivity contribution in [2.24, 2.45) is 16.7 Å². The third-order valence-corrected chi connectivity index (χ3v) is 5.81. The van der Waals surface area contributed by atoms with E-state index in [4.69, 9.17) is 5.73 Å². The summed E-state index contributed by atoms with van der Waals surface area (Å²) in [7, 11) is 0. The highest BCUT2D eigenvalue weighted by Gasteiger charge is 2.59. The summed E-state index contributed by atoms with van der Waals surface area (Å²) in [5, 5.41) is 3.14. The Hall–Kier alpha value is -1.58. The first-order valence-electron chi connectivity index (χ1n) is 7.60. The van der Waals surface area contributed by atoms with Crippen LogP contribution in [0.25, 0.3) is 0 Å². The van der Waals surface area contributed by atoms with Gasteiger partial charge in [-0.1, -0.05) is 20.8 Å². The Kier molecular flexibility index (Phi) is 3.05. The predicted molar refractivity (Wildman–Crippen MR) is 81.3 cm³/mol. The summed E-state index contributed by atoms with van der Waals surface area (Å²) in [5.74, 6) is -0.0516. The Balaban J connectivity index is 1.86. The minimum Gasteiger partial charge on any atom is -0.398 e. The summed E-state index contributed by atoms with van der Waals surface area (Å²) in [4.78, 5) is 12.5. The molecule has 2 bridgehead atoms. The van der Waals surface area contributed by atoms with Gasteiger partial charge in [-0.3, -0.25) is 4.79 Å². The minimum absolute atomic E-state index is 0.0742. The Morgan fingerprint density at radius 3 is 2.71 bits per heavy atom. The lowest BCUT2D eigenvalue weighted by Crippen LogP contribution is -2.52. The number of carbonyl (C=O) groups is 1. The van der Waals surface area contributed by atoms with Gasteiger partial charge in [0.1, 0.15) is 5.82 Å². The molecule has 2 fully saturated rings. The second-order valence-corrected chi connectivity index (χ2v) is 7.55. The smallest absolute Gasteiger partial charge is 0.253 e. The van der Waals surface area contributed by atoms with Crippen molar-refractivity contribution in [1.29, 1.82) is 0 Å². The van der Waals surface area contributed by atoms with Gasteiger partial charge in [-0.15, -0.1) is 0 Å². The van der Waals surface area contributed by atoms with Crippen molar-refractivity contribution in [3.8, 4) is 0 Å². The average Bonchev–Trinajstić information content (AvgIpc) is 2.88. The van der Waals surface area contributed by atoms with Gasteiger partial charge in [-0.2, -0.15) is 0 Å². The molecule has 3 rings (SSSR count). The average molecular weight is 290 g/mol. The summed E-state index contributed by atoms with van der Waals surface area (Å²) in [5.41, 5.74) is 6.59. The van der Waals surface area contributed by atoms with Gasteiger partial charge >= 0.3 is 0 Å². The van der Waals surface area contributed by atoms with Crippen molar-refractivity contribution in [2.75, 3.05) is 5.73 Å². The van der Waals surface area contributed by atoms with E-state index < -0.39 is 5.82 Å². The van der Waals surface area contributed by atoms with Gasteiger partial charge in [0.25, 0.3) is 5.91 Å². The number of benzene rings is 1. The molecule has 0 aromatic heterocycles. The van der Waals surface area contributed by atoms with Crippen LogP contribution in [-0.2, 0) is 0 Å². The Morgan fingerprint density at radius 1 is 1.38 bits per heavy atom. The molecule has 1 aromatic rings. The molecule has 3 nitrogen and oxygen atoms in total. The van der Waals surface area contributed by atoms with E-state index in [-0.39, 0.29) is 28.3 Å². The number of hydrogen-bond acceptors (Lipinski definition) is 2. The van der Waals surface area contributed by atoms with Gasteiger partial charge in [0, 0.05) is 11.7 Å². The first kappa shape index (κ1) is 14.4. The van der Waals surface area contributed by atoms with Crippen molar-refractivity contribution in [1.82, 2.24) is 5.32 Å². The van der Waals surface area contributed by atoms with Crippen molar-refractivity contribution in [2.45, 2.75) is 46.1 Å². The third kappa shape index (κ3) is 2.12. The molecular weight excluding hydrogens is 267 g/mol. The summed E-state index contributed by atoms with van der Waals surface area (Å²) in [6.07, 6.45) is 3.53. The maximum atomic E-state index is 13.4. The van der Waals surface area contributed by atoms with E-state index in [1.807, 2.05) is 0 Å². The monoisotopic (exact) mass is 290 g/mol. The molecule has 21 heavy (non-hydrogen) atoms. The molecule has 0 heterocycles. The molecule has 114 valence electrons. The van der Waals surface area contributed by atoms with Crippen LogP contribution in [0.4, 0.5) is 10.1 Å². The number of nitrogens with one attached hydrogen (secondary N) is 1. The summed E-state index contributed by atoms with van der Waals surface area (Å²) in [6, 6.07) is 4.04. The minimum atomic E-state index is -0.437. The topological polar surface area (TPSA) is 55.1 Å². The van der Waals surface area contributed by atoms with Gasteiger partial charge in [0.15, 0.2) is 0 Å². The predicted octanol–water partition coefficient (Wildman–Crippen LogP) is 3.35. The molecule has 2 aliphatic carbocycles. The van der Waals surface area contributed by atoms with Crippen molar-refractivity contribution in [3.05, 3.63) is 29.6 Å². The van der Waals surface area contributed by atoms with Gasteiger partial charge in [-0.05, 0) is 54.2 Å². The maximum Gasteiger partial charge on any atom is 0.253 e. The normalized spacial score (nSPS) is 33.1. The zero-order chi connectivity index (χ0) is 15.4. The summed E-state index contributed by atoms with van der Waals surface area (Å²) < 4.78 is 13.4. The molecule has 2 saturated carbocycles. The van der Waals surface area contributed by atoms with Crippen LogP contribution in [0.2, 0.25) is 0 Å². The molecular formula is C17H23FN2O. The first-order valence-corrected chi connectivity index (χ1v) is 7.60. The number of hydrogen-bond donors (Lipinski definition) is 2. The van der Waals surface area contributed by atoms with Gasteiger partial charge in [0.2, 0.25) is 0 Å². The standard InChI is InChI=1S/C17H23FN2O/c1-16(2)10-6-7-17(3,9-10)15(16)20-14(21)12-8-11(18)4-5-13(12)19/h4-5,8,10,15H,6-7,9,19H2,1-3H3,(H,20,21). The van der Waals surface area contributed by atoms with Crippen LogP contribution >= 0.6 is 0 Å². The van der Waals surface area contributed by atoms with Crippen molar-refractivity contribution >= 4 is 11.6 Å². The van der Waals surface area contributed by atoms with E-state index in [9.17, 15) is 9.18 Å². The fourth-order valence-electron chi connectivity index (χ4n) is 4.60. The van der Waals surface area contributed by atoms with E-state index in [0.717, 1.165) is 12.8 Å². The highest BCUT2D eigenvalue weighted by Crippen LogP contribution is 2.62. The number of anilines is 1. The van der Waals surface area contributed by atoms with E-state index in [1.54, 1.807) is 0 Å². The van der Waals surface area contributed by atoms with E-state index >= 15 is 0 Å². The molecule has 3 atom stereocenters. The number of rotatable bonds is 2. The van der Waals surface area contributed by atoms with Crippen LogP contribution < -0.4 is 11.1 Å². The maximum absolute atomic E-state index is 13.4. The number of carbonyl (C=O) groups excluding carboxylic acids is 1. The van der Waals surface area contributed by atoms with Gasteiger partial charge in [-0.25, -0.2) is 4.39 Å². The Labute approximate surface area is 125 Å². The highest BCUT2D eigenvalue weighted by molar-refractivity contribution is 5.99. The number of fused-ring (bicyclic) bond motifs is 2. The molecule has 1 aromatic carbocycles. The fourth-order valence-corrected chi connectivity index (χ4v) is 4.60. The summed E-state index contributed by atoms with van der Waals surface area (Å²) >= 11 is 0. The lowest BCUT2D eigenvalue weighted by Gasteiger charge is -2.43. The second kappa shape index (κ2) is 4.46. The van der Waals surface area contributed by atoms with Crippen LogP contribution in [0, 0.1) is 22.6 Å². The van der Waals surface area contributed by atoms with Crippen LogP contribution in [0.3, 0.4) is 0 Å². The number of halogens is 1.